The van der Waals surface area contributed by atoms with Crippen molar-refractivity contribution in [1.29, 1.82) is 0 Å². The van der Waals surface area contributed by atoms with Crippen LogP contribution in [-0.2, 0) is 22.1 Å². The number of aromatic nitrogens is 4. The number of halogens is 3. The third-order valence-corrected chi connectivity index (χ3v) is 7.67. The Kier molecular flexibility index (Phi) is 6.10. The number of rotatable bonds is 6. The number of sulfonamides is 1. The number of hydrogen-bond acceptors (Lipinski definition) is 6. The van der Waals surface area contributed by atoms with Crippen molar-refractivity contribution in [2.75, 3.05) is 9.62 Å². The largest absolute Gasteiger partial charge is 0.408 e. The van der Waals surface area contributed by atoms with Crippen LogP contribution in [0.3, 0.4) is 0 Å². The smallest absolute Gasteiger partial charge is 0.294 e. The minimum absolute atomic E-state index is 0.222. The van der Waals surface area contributed by atoms with Gasteiger partial charge in [-0.2, -0.15) is 18.3 Å². The van der Waals surface area contributed by atoms with Crippen molar-refractivity contribution in [3.8, 4) is 11.3 Å². The first-order chi connectivity index (χ1) is 16.6. The van der Waals surface area contributed by atoms with Crippen LogP contribution in [-0.4, -0.2) is 45.5 Å². The molecule has 0 bridgehead atoms. The van der Waals surface area contributed by atoms with Crippen LogP contribution in [0.2, 0.25) is 0 Å². The topological polar surface area (TPSA) is 110 Å². The van der Waals surface area contributed by atoms with Crippen LogP contribution in [0.15, 0.2) is 36.9 Å². The fourth-order valence-electron chi connectivity index (χ4n) is 4.10. The summed E-state index contributed by atoms with van der Waals surface area (Å²) in [5, 5.41) is 3.13. The van der Waals surface area contributed by atoms with Crippen LogP contribution in [0, 0.1) is 6.92 Å². The molecule has 0 unspecified atom stereocenters. The van der Waals surface area contributed by atoms with Crippen LogP contribution in [0.25, 0.3) is 11.3 Å². The highest BCUT2D eigenvalue weighted by Gasteiger charge is 2.47. The summed E-state index contributed by atoms with van der Waals surface area (Å²) in [4.78, 5) is 23.6. The molecule has 4 rings (SSSR count). The second-order valence-electron chi connectivity index (χ2n) is 9.42. The molecule has 0 saturated heterocycles. The van der Waals surface area contributed by atoms with Gasteiger partial charge >= 0.3 is 6.18 Å². The molecule has 1 aliphatic rings. The number of carbonyl (C=O) groups excluding carboxylic acids is 1. The van der Waals surface area contributed by atoms with E-state index in [0.717, 1.165) is 4.68 Å². The number of aryl methyl sites for hydroxylation is 1. The Bertz CT molecular complexity index is 1450. The minimum atomic E-state index is -4.45. The van der Waals surface area contributed by atoms with E-state index in [4.69, 9.17) is 4.98 Å². The average Bonchev–Trinajstić information content (AvgIpc) is 3.25. The van der Waals surface area contributed by atoms with E-state index >= 15 is 0 Å². The number of alkyl halides is 3. The van der Waals surface area contributed by atoms with E-state index < -0.39 is 39.4 Å². The summed E-state index contributed by atoms with van der Waals surface area (Å²) in [6.45, 7) is 7.09. The summed E-state index contributed by atoms with van der Waals surface area (Å²) >= 11 is 0. The monoisotopic (exact) mass is 522 g/mol. The molecule has 0 radical (unpaired) electrons. The molecule has 0 saturated carbocycles. The van der Waals surface area contributed by atoms with E-state index in [0.29, 0.717) is 28.1 Å². The Morgan fingerprint density at radius 2 is 1.83 bits per heavy atom. The molecule has 0 aliphatic carbocycles. The summed E-state index contributed by atoms with van der Waals surface area (Å²) in [6, 6.07) is 3.30. The minimum Gasteiger partial charge on any atom is -0.294 e. The maximum Gasteiger partial charge on any atom is 0.408 e. The predicted octanol–water partition coefficient (Wildman–Crippen LogP) is 4.26. The molecule has 0 spiro atoms. The van der Waals surface area contributed by atoms with Gasteiger partial charge in [0.1, 0.15) is 6.54 Å². The molecule has 36 heavy (non-hydrogen) atoms. The third-order valence-electron chi connectivity index (χ3n) is 5.91. The molecule has 13 heteroatoms. The summed E-state index contributed by atoms with van der Waals surface area (Å²) < 4.78 is 66.1. The van der Waals surface area contributed by atoms with E-state index in [-0.39, 0.29) is 11.4 Å². The number of hydrogen-bond donors (Lipinski definition) is 1. The zero-order chi connectivity index (χ0) is 26.6. The first kappa shape index (κ1) is 25.6. The van der Waals surface area contributed by atoms with Gasteiger partial charge in [-0.25, -0.2) is 13.4 Å². The highest BCUT2D eigenvalue weighted by molar-refractivity contribution is 7.93. The Hall–Kier alpha value is -3.48. The van der Waals surface area contributed by atoms with Crippen molar-refractivity contribution in [2.24, 2.45) is 0 Å². The third kappa shape index (κ3) is 4.66. The van der Waals surface area contributed by atoms with Gasteiger partial charge in [-0.1, -0.05) is 0 Å². The van der Waals surface area contributed by atoms with Gasteiger partial charge in [-0.3, -0.25) is 24.1 Å². The van der Waals surface area contributed by atoms with Gasteiger partial charge in [0.15, 0.2) is 0 Å². The number of nitrogens with zero attached hydrogens (tertiary/aromatic N) is 5. The Morgan fingerprint density at radius 1 is 1.14 bits per heavy atom. The maximum absolute atomic E-state index is 13.4. The van der Waals surface area contributed by atoms with Gasteiger partial charge in [0, 0.05) is 18.0 Å². The standard InChI is InChI=1S/C23H25F3N6O3S/c1-13(2)36(34,35)30-16-7-15(8-27-9-16)18-6-14(3)19-20(29-18)22(4,5)32(21(19)33)17-10-28-31(11-17)12-23(24,25)26/h6-11,13,30H,12H2,1-5H3. The molecule has 1 amide bonds. The highest BCUT2D eigenvalue weighted by atomic mass is 32.2. The zero-order valence-electron chi connectivity index (χ0n) is 20.3. The van der Waals surface area contributed by atoms with Crippen molar-refractivity contribution in [3.05, 3.63) is 53.7 Å². The van der Waals surface area contributed by atoms with Crippen LogP contribution >= 0.6 is 0 Å². The van der Waals surface area contributed by atoms with Crippen molar-refractivity contribution in [2.45, 2.75) is 58.1 Å². The fourth-order valence-corrected chi connectivity index (χ4v) is 4.78. The lowest BCUT2D eigenvalue weighted by Gasteiger charge is -2.30. The van der Waals surface area contributed by atoms with Gasteiger partial charge in [0.05, 0.1) is 51.5 Å². The number of anilines is 2. The quantitative estimate of drug-likeness (QED) is 0.518. The summed E-state index contributed by atoms with van der Waals surface area (Å²) in [6.07, 6.45) is 0.877. The number of amides is 1. The van der Waals surface area contributed by atoms with Gasteiger partial charge in [0.2, 0.25) is 10.0 Å². The number of fused-ring (bicyclic) bond motifs is 1. The maximum atomic E-state index is 13.4. The zero-order valence-corrected chi connectivity index (χ0v) is 21.1. The van der Waals surface area contributed by atoms with Crippen LogP contribution in [0.4, 0.5) is 24.5 Å². The summed E-state index contributed by atoms with van der Waals surface area (Å²) in [7, 11) is -3.58. The number of nitrogens with one attached hydrogen (secondary N) is 1. The van der Waals surface area contributed by atoms with Crippen LogP contribution in [0.1, 0.15) is 49.3 Å². The molecule has 3 aromatic rings. The van der Waals surface area contributed by atoms with Gasteiger partial charge in [-0.05, 0) is 52.3 Å². The molecule has 0 fully saturated rings. The number of carbonyl (C=O) groups is 1. The normalized spacial score (nSPS) is 15.5. The summed E-state index contributed by atoms with van der Waals surface area (Å²) in [5.74, 6) is -0.394. The molecule has 192 valence electrons. The average molecular weight is 523 g/mol. The molecule has 0 aromatic carbocycles. The molecule has 1 aliphatic heterocycles. The van der Waals surface area contributed by atoms with E-state index in [1.54, 1.807) is 46.8 Å². The van der Waals surface area contributed by atoms with E-state index in [2.05, 4.69) is 14.8 Å². The van der Waals surface area contributed by atoms with Crippen LogP contribution < -0.4 is 9.62 Å². The Morgan fingerprint density at radius 3 is 2.47 bits per heavy atom. The molecule has 0 atom stereocenters. The van der Waals surface area contributed by atoms with Crippen molar-refractivity contribution >= 4 is 27.3 Å². The molecular weight excluding hydrogens is 497 g/mol. The van der Waals surface area contributed by atoms with Gasteiger partial charge < -0.3 is 0 Å². The first-order valence-electron chi connectivity index (χ1n) is 11.0. The van der Waals surface area contributed by atoms with E-state index in [1.807, 2.05) is 0 Å². The lowest BCUT2D eigenvalue weighted by molar-refractivity contribution is -0.142. The first-order valence-corrected chi connectivity index (χ1v) is 12.6. The lowest BCUT2D eigenvalue weighted by Crippen LogP contribution is -2.39. The SMILES string of the molecule is Cc1cc(-c2cncc(NS(=O)(=O)C(C)C)c2)nc2c1C(=O)N(c1cnn(CC(F)(F)F)c1)C2(C)C. The van der Waals surface area contributed by atoms with Crippen molar-refractivity contribution < 1.29 is 26.4 Å². The van der Waals surface area contributed by atoms with Crippen molar-refractivity contribution in [1.82, 2.24) is 19.7 Å². The van der Waals surface area contributed by atoms with Crippen LogP contribution in [0.5, 0.6) is 0 Å². The Labute approximate surface area is 206 Å². The molecule has 3 aromatic heterocycles. The fraction of sp³-hybridized carbons (Fsp3) is 0.391. The van der Waals surface area contributed by atoms with Crippen molar-refractivity contribution in [3.63, 3.8) is 0 Å². The molecular formula is C23H25F3N6O3S. The highest BCUT2D eigenvalue weighted by Crippen LogP contribution is 2.43. The second kappa shape index (κ2) is 8.57. The molecule has 9 nitrogen and oxygen atoms in total. The molecule has 4 heterocycles. The predicted molar refractivity (Wildman–Crippen MR) is 128 cm³/mol. The molecule has 1 N–H and O–H groups in total. The number of pyridine rings is 2. The second-order valence-corrected chi connectivity index (χ2v) is 11.7. The van der Waals surface area contributed by atoms with Gasteiger partial charge in [0.25, 0.3) is 5.91 Å². The van der Waals surface area contributed by atoms with E-state index in [1.165, 1.54) is 29.7 Å². The van der Waals surface area contributed by atoms with E-state index in [9.17, 15) is 26.4 Å². The Balaban J connectivity index is 1.73. The lowest BCUT2D eigenvalue weighted by atomic mass is 9.96. The summed E-state index contributed by atoms with van der Waals surface area (Å²) in [5.41, 5.74) is 1.92. The van der Waals surface area contributed by atoms with Gasteiger partial charge in [-0.15, -0.1) is 0 Å².